The van der Waals surface area contributed by atoms with Crippen LogP contribution in [0, 0.1) is 6.92 Å². The molecule has 0 bridgehead atoms. The zero-order valence-corrected chi connectivity index (χ0v) is 13.0. The van der Waals surface area contributed by atoms with E-state index >= 15 is 0 Å². The number of aromatic nitrogens is 4. The first kappa shape index (κ1) is 15.3. The highest BCUT2D eigenvalue weighted by Crippen LogP contribution is 2.25. The van der Waals surface area contributed by atoms with Crippen LogP contribution >= 0.6 is 11.8 Å². The maximum Gasteiger partial charge on any atom is 0.225 e. The minimum absolute atomic E-state index is 0.0680. The molecule has 21 heavy (non-hydrogen) atoms. The molecule has 8 heteroatoms. The van der Waals surface area contributed by atoms with Crippen molar-refractivity contribution < 1.29 is 9.53 Å². The van der Waals surface area contributed by atoms with Crippen LogP contribution in [0.3, 0.4) is 0 Å². The van der Waals surface area contributed by atoms with Crippen LogP contribution < -0.4 is 10.1 Å². The van der Waals surface area contributed by atoms with Crippen molar-refractivity contribution in [1.82, 2.24) is 20.2 Å². The number of carbonyl (C=O) groups is 1. The molecule has 0 saturated carbocycles. The summed E-state index contributed by atoms with van der Waals surface area (Å²) in [6.07, 6.45) is 0.370. The number of amides is 1. The van der Waals surface area contributed by atoms with Gasteiger partial charge in [0.15, 0.2) is 0 Å². The zero-order valence-electron chi connectivity index (χ0n) is 12.2. The van der Waals surface area contributed by atoms with Crippen LogP contribution in [0.5, 0.6) is 5.75 Å². The molecule has 0 aliphatic carbocycles. The van der Waals surface area contributed by atoms with E-state index in [-0.39, 0.29) is 5.91 Å². The molecule has 1 N–H and O–H groups in total. The van der Waals surface area contributed by atoms with Crippen LogP contribution in [-0.2, 0) is 11.8 Å². The fourth-order valence-electron chi connectivity index (χ4n) is 1.71. The second-order valence-electron chi connectivity index (χ2n) is 4.44. The number of ether oxygens (including phenoxy) is 1. The van der Waals surface area contributed by atoms with Gasteiger partial charge in [-0.1, -0.05) is 17.8 Å². The molecule has 112 valence electrons. The third-order valence-corrected chi connectivity index (χ3v) is 3.78. The van der Waals surface area contributed by atoms with Crippen molar-refractivity contribution in [3.05, 3.63) is 23.8 Å². The maximum absolute atomic E-state index is 12.0. The first-order valence-electron chi connectivity index (χ1n) is 6.40. The van der Waals surface area contributed by atoms with Crippen molar-refractivity contribution >= 4 is 23.4 Å². The van der Waals surface area contributed by atoms with Crippen LogP contribution in [0.25, 0.3) is 0 Å². The Labute approximate surface area is 127 Å². The highest BCUT2D eigenvalue weighted by atomic mass is 32.2. The molecule has 1 heterocycles. The quantitative estimate of drug-likeness (QED) is 0.817. The molecule has 1 aromatic heterocycles. The Morgan fingerprint density at radius 2 is 2.29 bits per heavy atom. The van der Waals surface area contributed by atoms with Gasteiger partial charge in [-0.3, -0.25) is 4.79 Å². The van der Waals surface area contributed by atoms with E-state index in [0.29, 0.717) is 28.8 Å². The van der Waals surface area contributed by atoms with Crippen LogP contribution in [0.2, 0.25) is 0 Å². The van der Waals surface area contributed by atoms with E-state index in [9.17, 15) is 4.79 Å². The Morgan fingerprint density at radius 1 is 1.48 bits per heavy atom. The van der Waals surface area contributed by atoms with Crippen molar-refractivity contribution in [2.45, 2.75) is 18.5 Å². The number of anilines is 1. The van der Waals surface area contributed by atoms with Gasteiger partial charge in [-0.05, 0) is 35.0 Å². The van der Waals surface area contributed by atoms with E-state index in [2.05, 4.69) is 20.8 Å². The first-order chi connectivity index (χ1) is 10.1. The molecule has 0 atom stereocenters. The van der Waals surface area contributed by atoms with Gasteiger partial charge in [-0.15, -0.1) is 5.10 Å². The van der Waals surface area contributed by atoms with E-state index in [1.807, 2.05) is 25.1 Å². The molecule has 0 fully saturated rings. The SMILES string of the molecule is COc1ccc(C)cc1NC(=O)CCSc1nnnn1C. The second-order valence-corrected chi connectivity index (χ2v) is 5.50. The lowest BCUT2D eigenvalue weighted by Crippen LogP contribution is -2.13. The van der Waals surface area contributed by atoms with Gasteiger partial charge in [0.1, 0.15) is 5.75 Å². The molecule has 0 unspecified atom stereocenters. The summed E-state index contributed by atoms with van der Waals surface area (Å²) in [5, 5.41) is 14.7. The smallest absolute Gasteiger partial charge is 0.225 e. The predicted molar refractivity (Wildman–Crippen MR) is 80.5 cm³/mol. The Bertz CT molecular complexity index is 629. The summed E-state index contributed by atoms with van der Waals surface area (Å²) in [5.74, 6) is 1.19. The first-order valence-corrected chi connectivity index (χ1v) is 7.38. The summed E-state index contributed by atoms with van der Waals surface area (Å²) in [5.41, 5.74) is 1.75. The second kappa shape index (κ2) is 7.07. The van der Waals surface area contributed by atoms with Gasteiger partial charge in [0.05, 0.1) is 12.8 Å². The van der Waals surface area contributed by atoms with Crippen LogP contribution in [0.15, 0.2) is 23.4 Å². The number of tetrazole rings is 1. The molecule has 1 amide bonds. The van der Waals surface area contributed by atoms with Crippen LogP contribution in [-0.4, -0.2) is 39.0 Å². The minimum Gasteiger partial charge on any atom is -0.495 e. The van der Waals surface area contributed by atoms with Crippen LogP contribution in [0.1, 0.15) is 12.0 Å². The standard InChI is InChI=1S/C13H17N5O2S/c1-9-4-5-11(20-3)10(8-9)14-12(19)6-7-21-13-15-16-17-18(13)2/h4-5,8H,6-7H2,1-3H3,(H,14,19). The largest absolute Gasteiger partial charge is 0.495 e. The number of rotatable bonds is 6. The topological polar surface area (TPSA) is 81.9 Å². The number of carbonyl (C=O) groups excluding carboxylic acids is 1. The van der Waals surface area contributed by atoms with Crippen molar-refractivity contribution in [1.29, 1.82) is 0 Å². The molecule has 0 spiro atoms. The molecule has 0 saturated heterocycles. The molecule has 0 radical (unpaired) electrons. The number of thioether (sulfide) groups is 1. The van der Waals surface area contributed by atoms with E-state index in [1.165, 1.54) is 11.8 Å². The number of benzene rings is 1. The highest BCUT2D eigenvalue weighted by Gasteiger charge is 2.09. The van der Waals surface area contributed by atoms with Gasteiger partial charge in [0, 0.05) is 19.2 Å². The van der Waals surface area contributed by atoms with E-state index < -0.39 is 0 Å². The van der Waals surface area contributed by atoms with Crippen molar-refractivity contribution in [3.8, 4) is 5.75 Å². The minimum atomic E-state index is -0.0680. The number of nitrogens with zero attached hydrogens (tertiary/aromatic N) is 4. The normalized spacial score (nSPS) is 10.4. The summed E-state index contributed by atoms with van der Waals surface area (Å²) in [6, 6.07) is 5.66. The number of hydrogen-bond donors (Lipinski definition) is 1. The Morgan fingerprint density at radius 3 is 2.95 bits per heavy atom. The lowest BCUT2D eigenvalue weighted by atomic mass is 10.2. The number of nitrogens with one attached hydrogen (secondary N) is 1. The third kappa shape index (κ3) is 4.19. The average Bonchev–Trinajstić information content (AvgIpc) is 2.85. The zero-order chi connectivity index (χ0) is 15.2. The van der Waals surface area contributed by atoms with Gasteiger partial charge in [0.25, 0.3) is 0 Å². The lowest BCUT2D eigenvalue weighted by molar-refractivity contribution is -0.115. The van der Waals surface area contributed by atoms with Gasteiger partial charge < -0.3 is 10.1 Å². The summed E-state index contributed by atoms with van der Waals surface area (Å²) in [6.45, 7) is 1.96. The van der Waals surface area contributed by atoms with E-state index in [4.69, 9.17) is 4.74 Å². The van der Waals surface area contributed by atoms with Crippen molar-refractivity contribution in [3.63, 3.8) is 0 Å². The molecular formula is C13H17N5O2S. The Hall–Kier alpha value is -2.09. The molecule has 1 aromatic carbocycles. The molecule has 7 nitrogen and oxygen atoms in total. The number of hydrogen-bond acceptors (Lipinski definition) is 6. The molecule has 2 rings (SSSR count). The van der Waals surface area contributed by atoms with Crippen molar-refractivity contribution in [2.75, 3.05) is 18.2 Å². The fourth-order valence-corrected chi connectivity index (χ4v) is 2.50. The molecule has 0 aliphatic rings. The summed E-state index contributed by atoms with van der Waals surface area (Å²) < 4.78 is 6.81. The summed E-state index contributed by atoms with van der Waals surface area (Å²) in [4.78, 5) is 12.0. The predicted octanol–water partition coefficient (Wildman–Crippen LogP) is 1.65. The fraction of sp³-hybridized carbons (Fsp3) is 0.385. The highest BCUT2D eigenvalue weighted by molar-refractivity contribution is 7.99. The van der Waals surface area contributed by atoms with Gasteiger partial charge in [-0.2, -0.15) is 0 Å². The lowest BCUT2D eigenvalue weighted by Gasteiger charge is -2.10. The monoisotopic (exact) mass is 307 g/mol. The molecule has 0 aliphatic heterocycles. The number of methoxy groups -OCH3 is 1. The third-order valence-electron chi connectivity index (χ3n) is 2.77. The summed E-state index contributed by atoms with van der Waals surface area (Å²) >= 11 is 1.44. The van der Waals surface area contributed by atoms with Crippen molar-refractivity contribution in [2.24, 2.45) is 7.05 Å². The maximum atomic E-state index is 12.0. The Balaban J connectivity index is 1.87. The van der Waals surface area contributed by atoms with E-state index in [0.717, 1.165) is 5.56 Å². The summed E-state index contributed by atoms with van der Waals surface area (Å²) in [7, 11) is 3.34. The van der Waals surface area contributed by atoms with Gasteiger partial charge >= 0.3 is 0 Å². The molecule has 2 aromatic rings. The average molecular weight is 307 g/mol. The van der Waals surface area contributed by atoms with E-state index in [1.54, 1.807) is 18.8 Å². The van der Waals surface area contributed by atoms with Gasteiger partial charge in [0.2, 0.25) is 11.1 Å². The number of aryl methyl sites for hydroxylation is 2. The van der Waals surface area contributed by atoms with Gasteiger partial charge in [-0.25, -0.2) is 4.68 Å². The van der Waals surface area contributed by atoms with Crippen LogP contribution in [0.4, 0.5) is 5.69 Å². The Kier molecular flexibility index (Phi) is 5.15. The molecular weight excluding hydrogens is 290 g/mol.